The molecule has 1 amide bonds. The highest BCUT2D eigenvalue weighted by molar-refractivity contribution is 6.23. The second-order valence-electron chi connectivity index (χ2n) is 11.6. The van der Waals surface area contributed by atoms with E-state index in [1.807, 2.05) is 24.3 Å². The molecule has 2 saturated carbocycles. The zero-order chi connectivity index (χ0) is 26.4. The molecule has 37 heavy (non-hydrogen) atoms. The summed E-state index contributed by atoms with van der Waals surface area (Å²) < 4.78 is 0. The molecule has 6 nitrogen and oxygen atoms in total. The van der Waals surface area contributed by atoms with Crippen LogP contribution in [0.2, 0.25) is 0 Å². The lowest BCUT2D eigenvalue weighted by Crippen LogP contribution is -2.62. The van der Waals surface area contributed by atoms with Crippen LogP contribution < -0.4 is 10.6 Å². The Morgan fingerprint density at radius 3 is 2.41 bits per heavy atom. The normalized spacial score (nSPS) is 24.6. The first-order valence-electron chi connectivity index (χ1n) is 14.9. The first-order valence-corrected chi connectivity index (χ1v) is 14.9. The summed E-state index contributed by atoms with van der Waals surface area (Å²) in [5, 5.41) is 11.2. The van der Waals surface area contributed by atoms with Crippen LogP contribution in [0.25, 0.3) is 0 Å². The number of carbonyl (C=O) groups is 2. The number of nitrogens with zero attached hydrogens (tertiary/aromatic N) is 2. The number of ketones is 1. The van der Waals surface area contributed by atoms with Crippen LogP contribution >= 0.6 is 0 Å². The lowest BCUT2D eigenvalue weighted by Gasteiger charge is -2.33. The second-order valence-corrected chi connectivity index (χ2v) is 11.6. The Morgan fingerprint density at radius 1 is 1.08 bits per heavy atom. The second kappa shape index (κ2) is 12.7. The summed E-state index contributed by atoms with van der Waals surface area (Å²) >= 11 is 0. The monoisotopic (exact) mass is 509 g/mol. The maximum atomic E-state index is 14.4. The van der Waals surface area contributed by atoms with Gasteiger partial charge in [-0.1, -0.05) is 89.8 Å². The molecular formula is C31H47N3O3. The van der Waals surface area contributed by atoms with Crippen molar-refractivity contribution in [3.05, 3.63) is 29.8 Å². The predicted molar refractivity (Wildman–Crippen MR) is 150 cm³/mol. The van der Waals surface area contributed by atoms with Crippen molar-refractivity contribution in [1.29, 1.82) is 0 Å². The first-order chi connectivity index (χ1) is 17.9. The molecule has 2 aliphatic carbocycles. The molecular weight excluding hydrogens is 462 g/mol. The minimum atomic E-state index is -2.01. The minimum Gasteiger partial charge on any atom is -0.392 e. The molecule has 0 radical (unpaired) electrons. The van der Waals surface area contributed by atoms with Crippen LogP contribution in [0.5, 0.6) is 0 Å². The fourth-order valence-electron chi connectivity index (χ4n) is 6.15. The number of hydrogen-bond acceptors (Lipinski definition) is 5. The van der Waals surface area contributed by atoms with Gasteiger partial charge in [-0.2, -0.15) is 0 Å². The van der Waals surface area contributed by atoms with Gasteiger partial charge in [-0.05, 0) is 44.1 Å². The van der Waals surface area contributed by atoms with E-state index in [1.54, 1.807) is 4.90 Å². The molecule has 3 N–H and O–H groups in total. The number of Topliss-reactive ketones (excluding diaryl/α,β-unsaturated/α-hetero) is 1. The van der Waals surface area contributed by atoms with Gasteiger partial charge in [0.1, 0.15) is 0 Å². The van der Waals surface area contributed by atoms with Crippen LogP contribution in [-0.4, -0.2) is 40.8 Å². The van der Waals surface area contributed by atoms with Gasteiger partial charge in [0.15, 0.2) is 5.78 Å². The van der Waals surface area contributed by atoms with Crippen LogP contribution in [0, 0.1) is 17.8 Å². The molecule has 2 fully saturated rings. The van der Waals surface area contributed by atoms with Crippen molar-refractivity contribution in [3.8, 4) is 0 Å². The molecule has 1 unspecified atom stereocenters. The molecule has 0 saturated heterocycles. The van der Waals surface area contributed by atoms with E-state index in [1.165, 1.54) is 12.8 Å². The van der Waals surface area contributed by atoms with Gasteiger partial charge in [0.25, 0.3) is 5.91 Å². The highest BCUT2D eigenvalue weighted by Gasteiger charge is 2.52. The predicted octanol–water partition coefficient (Wildman–Crippen LogP) is 5.78. The highest BCUT2D eigenvalue weighted by Crippen LogP contribution is 2.40. The molecule has 6 heteroatoms. The van der Waals surface area contributed by atoms with Crippen molar-refractivity contribution < 1.29 is 14.7 Å². The first kappa shape index (κ1) is 28.0. The van der Waals surface area contributed by atoms with Crippen LogP contribution in [0.4, 0.5) is 5.69 Å². The molecule has 1 aromatic carbocycles. The highest BCUT2D eigenvalue weighted by atomic mass is 16.3. The maximum absolute atomic E-state index is 14.4. The van der Waals surface area contributed by atoms with Crippen molar-refractivity contribution in [2.75, 3.05) is 11.4 Å². The van der Waals surface area contributed by atoms with Crippen molar-refractivity contribution in [1.82, 2.24) is 0 Å². The Bertz CT molecular complexity index is 964. The van der Waals surface area contributed by atoms with Gasteiger partial charge >= 0.3 is 0 Å². The van der Waals surface area contributed by atoms with E-state index in [9.17, 15) is 14.7 Å². The summed E-state index contributed by atoms with van der Waals surface area (Å²) in [6, 6.07) is 7.96. The Kier molecular flexibility index (Phi) is 9.57. The zero-order valence-electron chi connectivity index (χ0n) is 23.0. The quantitative estimate of drug-likeness (QED) is 0.276. The van der Waals surface area contributed by atoms with E-state index >= 15 is 0 Å². The summed E-state index contributed by atoms with van der Waals surface area (Å²) in [4.78, 5) is 35.4. The fourth-order valence-corrected chi connectivity index (χ4v) is 6.15. The summed E-state index contributed by atoms with van der Waals surface area (Å²) in [5.74, 6) is -0.904. The van der Waals surface area contributed by atoms with Gasteiger partial charge in [-0.3, -0.25) is 15.3 Å². The molecule has 204 valence electrons. The topological polar surface area (TPSA) is 96.0 Å². The van der Waals surface area contributed by atoms with Crippen LogP contribution in [0.1, 0.15) is 109 Å². The summed E-state index contributed by atoms with van der Waals surface area (Å²) in [6.07, 6.45) is 12.6. The smallest absolute Gasteiger partial charge is 0.277 e. The Labute approximate surface area is 223 Å². The Morgan fingerprint density at radius 2 is 1.76 bits per heavy atom. The van der Waals surface area contributed by atoms with Crippen molar-refractivity contribution >= 4 is 23.1 Å². The Balaban J connectivity index is 1.81. The maximum Gasteiger partial charge on any atom is 0.277 e. The SMILES string of the molecule is CCCC[C@H](O)[C@@H](CC1CC1)C(=O)C1(N)N=C(C2CCCCCC2)c2ccccc2N(CCCC)C1=O. The number of para-hydroxylation sites is 1. The molecule has 0 bridgehead atoms. The van der Waals surface area contributed by atoms with Gasteiger partial charge in [0.2, 0.25) is 5.66 Å². The van der Waals surface area contributed by atoms with Gasteiger partial charge < -0.3 is 10.0 Å². The molecule has 0 aromatic heterocycles. The lowest BCUT2D eigenvalue weighted by molar-refractivity contribution is -0.139. The van der Waals surface area contributed by atoms with E-state index in [0.717, 1.165) is 81.2 Å². The third-order valence-electron chi connectivity index (χ3n) is 8.63. The average molecular weight is 510 g/mol. The molecule has 1 aliphatic heterocycles. The van der Waals surface area contributed by atoms with Crippen molar-refractivity contribution in [3.63, 3.8) is 0 Å². The van der Waals surface area contributed by atoms with Crippen LogP contribution in [0.3, 0.4) is 0 Å². The number of fused-ring (bicyclic) bond motifs is 1. The van der Waals surface area contributed by atoms with Gasteiger partial charge in [-0.25, -0.2) is 4.99 Å². The molecule has 3 aliphatic rings. The van der Waals surface area contributed by atoms with Crippen LogP contribution in [0.15, 0.2) is 29.3 Å². The van der Waals surface area contributed by atoms with Crippen LogP contribution in [-0.2, 0) is 9.59 Å². The number of carbonyl (C=O) groups excluding carboxylic acids is 2. The third-order valence-corrected chi connectivity index (χ3v) is 8.63. The number of aliphatic hydroxyl groups excluding tert-OH is 1. The summed E-state index contributed by atoms with van der Waals surface area (Å²) in [5.41, 5.74) is 7.50. The number of nitrogens with two attached hydrogens (primary N) is 1. The number of benzodiazepines with no additional fused rings is 1. The molecule has 4 rings (SSSR count). The number of hydrogen-bond donors (Lipinski definition) is 2. The lowest BCUT2D eigenvalue weighted by atomic mass is 9.82. The number of aliphatic hydroxyl groups is 1. The van der Waals surface area contributed by atoms with Gasteiger partial charge in [0.05, 0.1) is 17.5 Å². The summed E-state index contributed by atoms with van der Waals surface area (Å²) in [6.45, 7) is 4.67. The van der Waals surface area contributed by atoms with Crippen molar-refractivity contribution in [2.45, 2.75) is 116 Å². The number of anilines is 1. The number of aliphatic imine (C=N–C) groups is 1. The van der Waals surface area contributed by atoms with Gasteiger partial charge in [-0.15, -0.1) is 0 Å². The molecule has 3 atom stereocenters. The Hall–Kier alpha value is -2.05. The third kappa shape index (κ3) is 6.34. The minimum absolute atomic E-state index is 0.171. The number of amides is 1. The zero-order valence-corrected chi connectivity index (χ0v) is 23.0. The van der Waals surface area contributed by atoms with E-state index in [4.69, 9.17) is 10.7 Å². The largest absolute Gasteiger partial charge is 0.392 e. The molecule has 1 heterocycles. The number of unbranched alkanes of at least 4 members (excludes halogenated alkanes) is 2. The van der Waals surface area contributed by atoms with E-state index in [0.29, 0.717) is 25.3 Å². The van der Waals surface area contributed by atoms with E-state index < -0.39 is 29.4 Å². The summed E-state index contributed by atoms with van der Waals surface area (Å²) in [7, 11) is 0. The van der Waals surface area contributed by atoms with Crippen molar-refractivity contribution in [2.24, 2.45) is 28.5 Å². The average Bonchev–Trinajstić information content (AvgIpc) is 3.76. The van der Waals surface area contributed by atoms with E-state index in [-0.39, 0.29) is 5.92 Å². The molecule has 1 aromatic rings. The van der Waals surface area contributed by atoms with E-state index in [2.05, 4.69) is 13.8 Å². The fraction of sp³-hybridized carbons (Fsp3) is 0.710. The molecule has 0 spiro atoms. The number of benzene rings is 1. The number of rotatable bonds is 12. The van der Waals surface area contributed by atoms with Gasteiger partial charge in [0, 0.05) is 23.9 Å². The standard InChI is InChI=1S/C31H47N3O3/c1-3-5-17-27(35)25(21-22-18-19-22)29(36)31(32)30(37)34(20-6-4-2)26-16-12-11-15-24(26)28(33-31)23-13-9-7-8-10-14-23/h11-12,15-16,22-23,25,27,35H,3-10,13-14,17-21,32H2,1-2H3/t25-,27+,31?/m1/s1.